The fraction of sp³-hybridized carbons (Fsp3) is 0.250. The number of H-pyrrole nitrogens is 1. The van der Waals surface area contributed by atoms with Gasteiger partial charge in [-0.25, -0.2) is 4.98 Å². The molecule has 2 aromatic heterocycles. The van der Waals surface area contributed by atoms with Gasteiger partial charge in [-0.05, 0) is 54.5 Å². The predicted molar refractivity (Wildman–Crippen MR) is 128 cm³/mol. The average Bonchev–Trinajstić information content (AvgIpc) is 3.47. The van der Waals surface area contributed by atoms with Crippen LogP contribution in [0.1, 0.15) is 24.5 Å². The molecule has 2 N–H and O–H groups in total. The standard InChI is InChI=1S/C24H26N6O2S/c1-2-32-21-8-6-20(7-9-21)23-27-28-24(33)30(23)12-10-22(31)26-15-18-4-3-5-19(14-18)16-29-13-11-25-17-29/h3-9,11,13-14,17H,2,10,12,15-16H2,1H3,(H,26,31)(H,28,33). The van der Waals surface area contributed by atoms with E-state index in [-0.39, 0.29) is 5.91 Å². The summed E-state index contributed by atoms with van der Waals surface area (Å²) in [7, 11) is 0. The van der Waals surface area contributed by atoms with Crippen LogP contribution in [0.2, 0.25) is 0 Å². The second-order valence-corrected chi connectivity index (χ2v) is 7.93. The van der Waals surface area contributed by atoms with E-state index in [9.17, 15) is 4.79 Å². The van der Waals surface area contributed by atoms with Gasteiger partial charge >= 0.3 is 0 Å². The Bertz CT molecular complexity index is 1240. The minimum absolute atomic E-state index is 0.0456. The fourth-order valence-corrected chi connectivity index (χ4v) is 3.77. The number of aromatic nitrogens is 5. The molecule has 4 rings (SSSR count). The summed E-state index contributed by atoms with van der Waals surface area (Å²) < 4.78 is 9.83. The molecule has 9 heteroatoms. The van der Waals surface area contributed by atoms with Gasteiger partial charge < -0.3 is 14.6 Å². The highest BCUT2D eigenvalue weighted by Gasteiger charge is 2.11. The minimum atomic E-state index is -0.0456. The van der Waals surface area contributed by atoms with Crippen LogP contribution in [0.25, 0.3) is 11.4 Å². The number of aromatic amines is 1. The maximum absolute atomic E-state index is 12.5. The lowest BCUT2D eigenvalue weighted by atomic mass is 10.1. The molecule has 0 atom stereocenters. The number of benzene rings is 2. The number of rotatable bonds is 10. The summed E-state index contributed by atoms with van der Waals surface area (Å²) in [6.45, 7) is 4.21. The number of amides is 1. The maximum Gasteiger partial charge on any atom is 0.222 e. The van der Waals surface area contributed by atoms with Crippen molar-refractivity contribution in [1.29, 1.82) is 0 Å². The number of hydrogen-bond donors (Lipinski definition) is 2. The Hall–Kier alpha value is -3.72. The van der Waals surface area contributed by atoms with Crippen molar-refractivity contribution in [2.45, 2.75) is 33.0 Å². The van der Waals surface area contributed by atoms with Crippen LogP contribution in [0.3, 0.4) is 0 Å². The van der Waals surface area contributed by atoms with Crippen LogP contribution >= 0.6 is 12.2 Å². The molecule has 4 aromatic rings. The first-order valence-corrected chi connectivity index (χ1v) is 11.2. The summed E-state index contributed by atoms with van der Waals surface area (Å²) in [5, 5.41) is 10.2. The molecule has 0 radical (unpaired) electrons. The summed E-state index contributed by atoms with van der Waals surface area (Å²) in [4.78, 5) is 16.6. The third kappa shape index (κ3) is 5.95. The van der Waals surface area contributed by atoms with E-state index in [4.69, 9.17) is 17.0 Å². The van der Waals surface area contributed by atoms with Crippen LogP contribution in [0, 0.1) is 4.77 Å². The van der Waals surface area contributed by atoms with Crippen molar-refractivity contribution in [1.82, 2.24) is 29.6 Å². The third-order valence-corrected chi connectivity index (χ3v) is 5.46. The Kier molecular flexibility index (Phi) is 7.31. The van der Waals surface area contributed by atoms with Crippen LogP contribution < -0.4 is 10.1 Å². The Labute approximate surface area is 197 Å². The zero-order valence-corrected chi connectivity index (χ0v) is 19.2. The number of ether oxygens (including phenoxy) is 1. The smallest absolute Gasteiger partial charge is 0.222 e. The molecular weight excluding hydrogens is 436 g/mol. The van der Waals surface area contributed by atoms with Crippen LogP contribution in [0.4, 0.5) is 0 Å². The number of imidazole rings is 1. The fourth-order valence-electron chi connectivity index (χ4n) is 3.54. The number of nitrogens with one attached hydrogen (secondary N) is 2. The second-order valence-electron chi connectivity index (χ2n) is 7.54. The molecule has 0 saturated heterocycles. The molecule has 2 heterocycles. The van der Waals surface area contributed by atoms with Gasteiger partial charge in [0.15, 0.2) is 10.6 Å². The first-order valence-electron chi connectivity index (χ1n) is 10.8. The van der Waals surface area contributed by atoms with Gasteiger partial charge in [0.05, 0.1) is 12.9 Å². The molecule has 0 spiro atoms. The molecule has 0 saturated carbocycles. The highest BCUT2D eigenvalue weighted by atomic mass is 32.1. The maximum atomic E-state index is 12.5. The van der Waals surface area contributed by atoms with Crippen molar-refractivity contribution in [3.8, 4) is 17.1 Å². The molecule has 2 aromatic carbocycles. The zero-order valence-electron chi connectivity index (χ0n) is 18.4. The summed E-state index contributed by atoms with van der Waals surface area (Å²) in [5.41, 5.74) is 3.11. The van der Waals surface area contributed by atoms with Gasteiger partial charge in [0.25, 0.3) is 0 Å². The van der Waals surface area contributed by atoms with Crippen molar-refractivity contribution in [3.05, 3.63) is 83.1 Å². The van der Waals surface area contributed by atoms with Gasteiger partial charge in [-0.1, -0.05) is 24.3 Å². The summed E-state index contributed by atoms with van der Waals surface area (Å²) in [6, 6.07) is 15.8. The molecule has 1 amide bonds. The van der Waals surface area contributed by atoms with E-state index < -0.39 is 0 Å². The monoisotopic (exact) mass is 462 g/mol. The Morgan fingerprint density at radius 2 is 2.00 bits per heavy atom. The molecule has 0 aliphatic carbocycles. The topological polar surface area (TPSA) is 89.8 Å². The van der Waals surface area contributed by atoms with Gasteiger partial charge in [0, 0.05) is 44.0 Å². The van der Waals surface area contributed by atoms with Crippen LogP contribution in [0.15, 0.2) is 67.3 Å². The van der Waals surface area contributed by atoms with Gasteiger partial charge in [-0.15, -0.1) is 0 Å². The summed E-state index contributed by atoms with van der Waals surface area (Å²) >= 11 is 5.38. The number of nitrogens with zero attached hydrogens (tertiary/aromatic N) is 4. The Morgan fingerprint density at radius 1 is 1.18 bits per heavy atom. The van der Waals surface area contributed by atoms with E-state index in [1.807, 2.05) is 58.7 Å². The molecule has 170 valence electrons. The first-order chi connectivity index (χ1) is 16.1. The van der Waals surface area contributed by atoms with Crippen molar-refractivity contribution >= 4 is 18.1 Å². The minimum Gasteiger partial charge on any atom is -0.494 e. The predicted octanol–water partition coefficient (Wildman–Crippen LogP) is 3.96. The number of hydrogen-bond acceptors (Lipinski definition) is 5. The van der Waals surface area contributed by atoms with Crippen LogP contribution in [0.5, 0.6) is 5.75 Å². The molecule has 0 aliphatic heterocycles. The normalized spacial score (nSPS) is 10.8. The third-order valence-electron chi connectivity index (χ3n) is 5.15. The highest BCUT2D eigenvalue weighted by molar-refractivity contribution is 7.71. The molecule has 8 nitrogen and oxygen atoms in total. The van der Waals surface area contributed by atoms with E-state index in [1.54, 1.807) is 12.5 Å². The molecule has 0 aliphatic rings. The summed E-state index contributed by atoms with van der Waals surface area (Å²) in [6.07, 6.45) is 5.78. The van der Waals surface area contributed by atoms with Crippen molar-refractivity contribution in [3.63, 3.8) is 0 Å². The van der Waals surface area contributed by atoms with Crippen LogP contribution in [-0.4, -0.2) is 36.8 Å². The quantitative estimate of drug-likeness (QED) is 0.348. The van der Waals surface area contributed by atoms with E-state index in [0.717, 1.165) is 29.0 Å². The Morgan fingerprint density at radius 3 is 2.76 bits per heavy atom. The van der Waals surface area contributed by atoms with Crippen molar-refractivity contribution < 1.29 is 9.53 Å². The SMILES string of the molecule is CCOc1ccc(-c2n[nH]c(=S)n2CCC(=O)NCc2cccc(Cn3ccnc3)c2)cc1. The Balaban J connectivity index is 1.33. The average molecular weight is 463 g/mol. The van der Waals surface area contributed by atoms with Gasteiger partial charge in [0.2, 0.25) is 5.91 Å². The van der Waals surface area contributed by atoms with E-state index in [1.165, 1.54) is 0 Å². The first kappa shape index (κ1) is 22.5. The molecule has 0 bridgehead atoms. The zero-order chi connectivity index (χ0) is 23.0. The second kappa shape index (κ2) is 10.7. The van der Waals surface area contributed by atoms with E-state index in [2.05, 4.69) is 32.6 Å². The lowest BCUT2D eigenvalue weighted by Gasteiger charge is -2.10. The number of carbonyl (C=O) groups excluding carboxylic acids is 1. The molecule has 0 fully saturated rings. The van der Waals surface area contributed by atoms with Gasteiger partial charge in [-0.3, -0.25) is 14.5 Å². The lowest BCUT2D eigenvalue weighted by molar-refractivity contribution is -0.121. The molecular formula is C24H26N6O2S. The van der Waals surface area contributed by atoms with E-state index in [0.29, 0.717) is 36.7 Å². The highest BCUT2D eigenvalue weighted by Crippen LogP contribution is 2.21. The van der Waals surface area contributed by atoms with Crippen LogP contribution in [-0.2, 0) is 24.4 Å². The van der Waals surface area contributed by atoms with Crippen molar-refractivity contribution in [2.24, 2.45) is 0 Å². The van der Waals surface area contributed by atoms with Gasteiger partial charge in [-0.2, -0.15) is 5.10 Å². The largest absolute Gasteiger partial charge is 0.494 e. The van der Waals surface area contributed by atoms with Crippen molar-refractivity contribution in [2.75, 3.05) is 6.61 Å². The van der Waals surface area contributed by atoms with E-state index >= 15 is 0 Å². The summed E-state index contributed by atoms with van der Waals surface area (Å²) in [5.74, 6) is 1.45. The molecule has 33 heavy (non-hydrogen) atoms. The lowest BCUT2D eigenvalue weighted by Crippen LogP contribution is -2.24. The van der Waals surface area contributed by atoms with Gasteiger partial charge in [0.1, 0.15) is 5.75 Å². The molecule has 0 unspecified atom stereocenters. The number of carbonyl (C=O) groups is 1.